The molecule has 96 valence electrons. The molecule has 18 heavy (non-hydrogen) atoms. The number of nitrogens with zero attached hydrogens (tertiary/aromatic N) is 1. The molecule has 0 bridgehead atoms. The highest BCUT2D eigenvalue weighted by Crippen LogP contribution is 2.37. The van der Waals surface area contributed by atoms with Crippen molar-refractivity contribution in [1.82, 2.24) is 4.98 Å². The number of aromatic nitrogens is 1. The van der Waals surface area contributed by atoms with E-state index in [-0.39, 0.29) is 0 Å². The monoisotopic (exact) mass is 265 g/mol. The number of aryl methyl sites for hydroxylation is 1. The van der Waals surface area contributed by atoms with Gasteiger partial charge in [0, 0.05) is 10.9 Å². The molecule has 0 N–H and O–H groups in total. The second kappa shape index (κ2) is 5.27. The summed E-state index contributed by atoms with van der Waals surface area (Å²) in [7, 11) is 4.91. The second-order valence-electron chi connectivity index (χ2n) is 3.72. The summed E-state index contributed by atoms with van der Waals surface area (Å²) in [5.74, 6) is 1.60. The summed E-state index contributed by atoms with van der Waals surface area (Å²) in [5.41, 5.74) is 2.76. The minimum atomic E-state index is 0.631. The number of benzene rings is 1. The Morgan fingerprint density at radius 1 is 1.00 bits per heavy atom. The van der Waals surface area contributed by atoms with Crippen LogP contribution in [0, 0.1) is 6.92 Å². The zero-order chi connectivity index (χ0) is 13.1. The molecule has 1 aromatic heterocycles. The Hall–Kier alpha value is -1.75. The third-order valence-corrected chi connectivity index (χ3v) is 3.45. The van der Waals surface area contributed by atoms with Crippen molar-refractivity contribution >= 4 is 11.3 Å². The van der Waals surface area contributed by atoms with Crippen LogP contribution < -0.4 is 14.2 Å². The first-order valence-electron chi connectivity index (χ1n) is 5.42. The molecule has 0 saturated carbocycles. The Morgan fingerprint density at radius 3 is 2.28 bits per heavy atom. The normalized spacial score (nSPS) is 10.2. The molecular weight excluding hydrogens is 250 g/mol. The van der Waals surface area contributed by atoms with Gasteiger partial charge in [-0.1, -0.05) is 11.3 Å². The predicted octanol–water partition coefficient (Wildman–Crippen LogP) is 3.14. The van der Waals surface area contributed by atoms with Crippen molar-refractivity contribution in [3.8, 4) is 28.0 Å². The van der Waals surface area contributed by atoms with Crippen LogP contribution in [0.5, 0.6) is 16.7 Å². The maximum absolute atomic E-state index is 5.39. The van der Waals surface area contributed by atoms with Crippen molar-refractivity contribution < 1.29 is 14.2 Å². The summed E-state index contributed by atoms with van der Waals surface area (Å²) in [6.45, 7) is 1.98. The van der Waals surface area contributed by atoms with Gasteiger partial charge in [0.2, 0.25) is 0 Å². The molecule has 0 unspecified atom stereocenters. The first kappa shape index (κ1) is 12.7. The zero-order valence-electron chi connectivity index (χ0n) is 10.8. The van der Waals surface area contributed by atoms with Crippen LogP contribution in [0.25, 0.3) is 11.3 Å². The van der Waals surface area contributed by atoms with Gasteiger partial charge in [0.1, 0.15) is 11.5 Å². The largest absolute Gasteiger partial charge is 0.496 e. The Balaban J connectivity index is 2.54. The van der Waals surface area contributed by atoms with Crippen LogP contribution in [-0.4, -0.2) is 26.3 Å². The first-order chi connectivity index (χ1) is 8.69. The molecule has 4 nitrogen and oxygen atoms in total. The van der Waals surface area contributed by atoms with Crippen molar-refractivity contribution in [2.75, 3.05) is 21.3 Å². The van der Waals surface area contributed by atoms with Crippen molar-refractivity contribution in [1.29, 1.82) is 0 Å². The third-order valence-electron chi connectivity index (χ3n) is 2.65. The molecule has 2 aromatic rings. The molecule has 5 heteroatoms. The van der Waals surface area contributed by atoms with Gasteiger partial charge >= 0.3 is 0 Å². The van der Waals surface area contributed by atoms with Crippen LogP contribution in [0.1, 0.15) is 5.56 Å². The molecule has 0 spiro atoms. The van der Waals surface area contributed by atoms with E-state index in [0.29, 0.717) is 5.19 Å². The van der Waals surface area contributed by atoms with Crippen molar-refractivity contribution in [3.05, 3.63) is 23.1 Å². The van der Waals surface area contributed by atoms with Gasteiger partial charge in [-0.15, -0.1) is 0 Å². The van der Waals surface area contributed by atoms with Crippen molar-refractivity contribution in [3.63, 3.8) is 0 Å². The number of methoxy groups -OCH3 is 3. The molecular formula is C13H15NO3S. The van der Waals surface area contributed by atoms with Crippen LogP contribution in [-0.2, 0) is 0 Å². The fraction of sp³-hybridized carbons (Fsp3) is 0.308. The molecule has 0 aliphatic rings. The minimum Gasteiger partial charge on any atom is -0.496 e. The summed E-state index contributed by atoms with van der Waals surface area (Å²) in [5, 5.41) is 2.57. The molecule has 0 aliphatic carbocycles. The van der Waals surface area contributed by atoms with E-state index in [2.05, 4.69) is 4.98 Å². The molecule has 2 rings (SSSR count). The van der Waals surface area contributed by atoms with Crippen molar-refractivity contribution in [2.24, 2.45) is 0 Å². The molecule has 1 heterocycles. The lowest BCUT2D eigenvalue weighted by Gasteiger charge is -2.11. The Morgan fingerprint density at radius 2 is 1.72 bits per heavy atom. The van der Waals surface area contributed by atoms with Crippen LogP contribution in [0.2, 0.25) is 0 Å². The number of rotatable bonds is 4. The van der Waals surface area contributed by atoms with E-state index in [4.69, 9.17) is 14.2 Å². The maximum Gasteiger partial charge on any atom is 0.273 e. The van der Waals surface area contributed by atoms with Gasteiger partial charge in [-0.3, -0.25) is 0 Å². The summed E-state index contributed by atoms with van der Waals surface area (Å²) in [6, 6.07) is 3.88. The van der Waals surface area contributed by atoms with E-state index in [9.17, 15) is 0 Å². The highest BCUT2D eigenvalue weighted by Gasteiger charge is 2.13. The van der Waals surface area contributed by atoms with E-state index in [1.165, 1.54) is 11.3 Å². The van der Waals surface area contributed by atoms with Gasteiger partial charge in [-0.25, -0.2) is 4.98 Å². The van der Waals surface area contributed by atoms with E-state index in [0.717, 1.165) is 28.3 Å². The second-order valence-corrected chi connectivity index (χ2v) is 4.55. The molecule has 0 radical (unpaired) electrons. The lowest BCUT2D eigenvalue weighted by Crippen LogP contribution is -1.93. The highest BCUT2D eigenvalue weighted by atomic mass is 32.1. The molecule has 1 aromatic carbocycles. The molecule has 0 aliphatic heterocycles. The number of thiazole rings is 1. The van der Waals surface area contributed by atoms with Gasteiger partial charge in [-0.2, -0.15) is 0 Å². The average Bonchev–Trinajstić information content (AvgIpc) is 2.87. The standard InChI is InChI=1S/C13H15NO3S/c1-8-5-12(16-3)9(6-11(8)15-2)10-7-18-13(14-10)17-4/h5-7H,1-4H3. The van der Waals surface area contributed by atoms with E-state index in [1.807, 2.05) is 24.4 Å². The lowest BCUT2D eigenvalue weighted by molar-refractivity contribution is 0.401. The Labute approximate surface area is 110 Å². The summed E-state index contributed by atoms with van der Waals surface area (Å²) >= 11 is 1.45. The molecule has 0 fully saturated rings. The number of hydrogen-bond donors (Lipinski definition) is 0. The van der Waals surface area contributed by atoms with Crippen LogP contribution in [0.15, 0.2) is 17.5 Å². The smallest absolute Gasteiger partial charge is 0.273 e. The SMILES string of the molecule is COc1nc(-c2cc(OC)c(C)cc2OC)cs1. The third kappa shape index (κ3) is 2.26. The topological polar surface area (TPSA) is 40.6 Å². The maximum atomic E-state index is 5.39. The summed E-state index contributed by atoms with van der Waals surface area (Å²) in [6.07, 6.45) is 0. The van der Waals surface area contributed by atoms with Crippen LogP contribution in [0.3, 0.4) is 0 Å². The molecule has 0 amide bonds. The Kier molecular flexibility index (Phi) is 3.72. The minimum absolute atomic E-state index is 0.631. The fourth-order valence-electron chi connectivity index (χ4n) is 1.73. The average molecular weight is 265 g/mol. The van der Waals surface area contributed by atoms with E-state index in [1.54, 1.807) is 21.3 Å². The molecule has 0 saturated heterocycles. The van der Waals surface area contributed by atoms with E-state index >= 15 is 0 Å². The van der Waals surface area contributed by atoms with Crippen LogP contribution >= 0.6 is 11.3 Å². The van der Waals surface area contributed by atoms with Gasteiger partial charge in [-0.05, 0) is 24.6 Å². The lowest BCUT2D eigenvalue weighted by atomic mass is 10.1. The zero-order valence-corrected chi connectivity index (χ0v) is 11.6. The van der Waals surface area contributed by atoms with Gasteiger partial charge in [0.25, 0.3) is 5.19 Å². The van der Waals surface area contributed by atoms with Crippen LogP contribution in [0.4, 0.5) is 0 Å². The van der Waals surface area contributed by atoms with Crippen molar-refractivity contribution in [2.45, 2.75) is 6.92 Å². The summed E-state index contributed by atoms with van der Waals surface area (Å²) < 4.78 is 15.8. The van der Waals surface area contributed by atoms with Gasteiger partial charge in [0.05, 0.1) is 27.0 Å². The fourth-order valence-corrected chi connectivity index (χ4v) is 2.36. The number of hydrogen-bond acceptors (Lipinski definition) is 5. The van der Waals surface area contributed by atoms with Gasteiger partial charge in [0.15, 0.2) is 0 Å². The predicted molar refractivity (Wildman–Crippen MR) is 71.9 cm³/mol. The first-order valence-corrected chi connectivity index (χ1v) is 6.30. The number of ether oxygens (including phenoxy) is 3. The Bertz CT molecular complexity index is 551. The quantitative estimate of drug-likeness (QED) is 0.851. The van der Waals surface area contributed by atoms with Gasteiger partial charge < -0.3 is 14.2 Å². The highest BCUT2D eigenvalue weighted by molar-refractivity contribution is 7.11. The summed E-state index contributed by atoms with van der Waals surface area (Å²) in [4.78, 5) is 4.37. The van der Waals surface area contributed by atoms with E-state index < -0.39 is 0 Å². The molecule has 0 atom stereocenters.